The molecule has 136 valence electrons. The molecule has 0 aliphatic carbocycles. The van der Waals surface area contributed by atoms with E-state index >= 15 is 0 Å². The van der Waals surface area contributed by atoms with Crippen LogP contribution in [0.3, 0.4) is 0 Å². The van der Waals surface area contributed by atoms with Crippen LogP contribution in [-0.4, -0.2) is 23.5 Å². The van der Waals surface area contributed by atoms with E-state index in [-0.39, 0.29) is 11.4 Å². The average molecular weight is 357 g/mol. The summed E-state index contributed by atoms with van der Waals surface area (Å²) in [6.45, 7) is 4.86. The highest BCUT2D eigenvalue weighted by Gasteiger charge is 2.16. The SMILES string of the molecule is Cc1cccc(NC(=O)NC(=O)COc2cccc([N+](=O)[O-])c2C)c1C. The Hall–Kier alpha value is -3.42. The van der Waals surface area contributed by atoms with E-state index in [9.17, 15) is 19.7 Å². The Morgan fingerprint density at radius 3 is 2.46 bits per heavy atom. The van der Waals surface area contributed by atoms with E-state index < -0.39 is 23.5 Å². The lowest BCUT2D eigenvalue weighted by Crippen LogP contribution is -2.37. The molecule has 0 aliphatic rings. The van der Waals surface area contributed by atoms with Gasteiger partial charge in [0.1, 0.15) is 5.75 Å². The Kier molecular flexibility index (Phi) is 5.90. The lowest BCUT2D eigenvalue weighted by atomic mass is 10.1. The van der Waals surface area contributed by atoms with Gasteiger partial charge in [0.25, 0.3) is 11.6 Å². The van der Waals surface area contributed by atoms with E-state index in [0.717, 1.165) is 11.1 Å². The van der Waals surface area contributed by atoms with Crippen molar-refractivity contribution in [2.24, 2.45) is 0 Å². The number of carbonyl (C=O) groups is 2. The summed E-state index contributed by atoms with van der Waals surface area (Å²) in [6.07, 6.45) is 0. The molecule has 2 aromatic rings. The molecule has 0 fully saturated rings. The number of imide groups is 1. The molecular weight excluding hydrogens is 338 g/mol. The van der Waals surface area contributed by atoms with Crippen molar-refractivity contribution in [1.29, 1.82) is 0 Å². The fourth-order valence-electron chi connectivity index (χ4n) is 2.30. The van der Waals surface area contributed by atoms with Gasteiger partial charge in [-0.05, 0) is 44.0 Å². The standard InChI is InChI=1S/C18H19N3O5/c1-11-6-4-7-14(12(11)2)19-18(23)20-17(22)10-26-16-9-5-8-15(13(16)3)21(24)25/h4-9H,10H2,1-3H3,(H2,19,20,22,23). The second kappa shape index (κ2) is 8.11. The summed E-state index contributed by atoms with van der Waals surface area (Å²) < 4.78 is 5.29. The number of anilines is 1. The van der Waals surface area contributed by atoms with Gasteiger partial charge in [-0.3, -0.25) is 20.2 Å². The molecule has 0 heterocycles. The van der Waals surface area contributed by atoms with E-state index in [1.807, 2.05) is 19.9 Å². The largest absolute Gasteiger partial charge is 0.483 e. The second-order valence-corrected chi connectivity index (χ2v) is 5.70. The number of nitro groups is 1. The Labute approximate surface area is 150 Å². The molecule has 2 aromatic carbocycles. The third kappa shape index (κ3) is 4.56. The first-order chi connectivity index (χ1) is 12.3. The van der Waals surface area contributed by atoms with E-state index in [1.165, 1.54) is 25.1 Å². The molecule has 8 nitrogen and oxygen atoms in total. The number of benzene rings is 2. The molecule has 8 heteroatoms. The summed E-state index contributed by atoms with van der Waals surface area (Å²) in [6, 6.07) is 9.10. The van der Waals surface area contributed by atoms with Crippen LogP contribution in [0.15, 0.2) is 36.4 Å². The maximum Gasteiger partial charge on any atom is 0.325 e. The number of amides is 3. The summed E-state index contributed by atoms with van der Waals surface area (Å²) in [7, 11) is 0. The Morgan fingerprint density at radius 1 is 1.08 bits per heavy atom. The number of urea groups is 1. The van der Waals surface area contributed by atoms with Gasteiger partial charge in [-0.15, -0.1) is 0 Å². The predicted octanol–water partition coefficient (Wildman–Crippen LogP) is 3.25. The molecule has 0 saturated heterocycles. The molecule has 0 saturated carbocycles. The molecule has 2 rings (SSSR count). The monoisotopic (exact) mass is 357 g/mol. The quantitative estimate of drug-likeness (QED) is 0.630. The molecule has 0 aliphatic heterocycles. The lowest BCUT2D eigenvalue weighted by Gasteiger charge is -2.12. The summed E-state index contributed by atoms with van der Waals surface area (Å²) >= 11 is 0. The lowest BCUT2D eigenvalue weighted by molar-refractivity contribution is -0.385. The van der Waals surface area contributed by atoms with Crippen molar-refractivity contribution in [3.63, 3.8) is 0 Å². The van der Waals surface area contributed by atoms with Crippen LogP contribution >= 0.6 is 0 Å². The zero-order chi connectivity index (χ0) is 19.3. The molecule has 0 atom stereocenters. The van der Waals surface area contributed by atoms with Crippen molar-refractivity contribution in [3.05, 3.63) is 63.2 Å². The summed E-state index contributed by atoms with van der Waals surface area (Å²) in [5, 5.41) is 15.7. The molecule has 0 bridgehead atoms. The zero-order valence-corrected chi connectivity index (χ0v) is 14.7. The van der Waals surface area contributed by atoms with E-state index in [0.29, 0.717) is 11.3 Å². The number of carbonyl (C=O) groups excluding carboxylic acids is 2. The molecule has 0 aromatic heterocycles. The van der Waals surface area contributed by atoms with Gasteiger partial charge in [0.15, 0.2) is 6.61 Å². The van der Waals surface area contributed by atoms with Crippen LogP contribution in [0.1, 0.15) is 16.7 Å². The van der Waals surface area contributed by atoms with Gasteiger partial charge in [0, 0.05) is 11.8 Å². The third-order valence-corrected chi connectivity index (χ3v) is 3.92. The third-order valence-electron chi connectivity index (χ3n) is 3.92. The molecule has 26 heavy (non-hydrogen) atoms. The minimum Gasteiger partial charge on any atom is -0.483 e. The van der Waals surface area contributed by atoms with Crippen molar-refractivity contribution in [1.82, 2.24) is 5.32 Å². The van der Waals surface area contributed by atoms with Crippen LogP contribution in [0.5, 0.6) is 5.75 Å². The highest BCUT2D eigenvalue weighted by molar-refractivity contribution is 6.02. The van der Waals surface area contributed by atoms with Gasteiger partial charge in [-0.2, -0.15) is 0 Å². The zero-order valence-electron chi connectivity index (χ0n) is 14.7. The number of hydrogen-bond donors (Lipinski definition) is 2. The van der Waals surface area contributed by atoms with E-state index in [2.05, 4.69) is 10.6 Å². The summed E-state index contributed by atoms with van der Waals surface area (Å²) in [4.78, 5) is 34.2. The number of ether oxygens (including phenoxy) is 1. The average Bonchev–Trinajstić information content (AvgIpc) is 2.57. The van der Waals surface area contributed by atoms with Crippen LogP contribution < -0.4 is 15.4 Å². The summed E-state index contributed by atoms with van der Waals surface area (Å²) in [5.74, 6) is -0.456. The number of rotatable bonds is 5. The smallest absolute Gasteiger partial charge is 0.325 e. The Bertz CT molecular complexity index is 864. The van der Waals surface area contributed by atoms with Crippen molar-refractivity contribution in [2.45, 2.75) is 20.8 Å². The summed E-state index contributed by atoms with van der Waals surface area (Å²) in [5.41, 5.74) is 2.73. The van der Waals surface area contributed by atoms with Crippen molar-refractivity contribution < 1.29 is 19.2 Å². The van der Waals surface area contributed by atoms with E-state index in [1.54, 1.807) is 12.1 Å². The van der Waals surface area contributed by atoms with Crippen molar-refractivity contribution in [2.75, 3.05) is 11.9 Å². The number of hydrogen-bond acceptors (Lipinski definition) is 5. The van der Waals surface area contributed by atoms with Crippen molar-refractivity contribution >= 4 is 23.3 Å². The van der Waals surface area contributed by atoms with Gasteiger partial charge in [0.05, 0.1) is 10.5 Å². The molecule has 3 amide bonds. The van der Waals surface area contributed by atoms with Crippen LogP contribution in [0, 0.1) is 30.9 Å². The first-order valence-electron chi connectivity index (χ1n) is 7.83. The van der Waals surface area contributed by atoms with Gasteiger partial charge < -0.3 is 10.1 Å². The molecule has 0 radical (unpaired) electrons. The van der Waals surface area contributed by atoms with Gasteiger partial charge in [-0.1, -0.05) is 18.2 Å². The fourth-order valence-corrected chi connectivity index (χ4v) is 2.30. The predicted molar refractivity (Wildman–Crippen MR) is 96.4 cm³/mol. The fraction of sp³-hybridized carbons (Fsp3) is 0.222. The minimum absolute atomic E-state index is 0.101. The van der Waals surface area contributed by atoms with Crippen LogP contribution in [0.4, 0.5) is 16.2 Å². The van der Waals surface area contributed by atoms with E-state index in [4.69, 9.17) is 4.74 Å². The van der Waals surface area contributed by atoms with Gasteiger partial charge in [0.2, 0.25) is 0 Å². The molecular formula is C18H19N3O5. The maximum absolute atomic E-state index is 11.9. The molecule has 0 unspecified atom stereocenters. The number of aryl methyl sites for hydroxylation is 1. The number of nitrogens with zero attached hydrogens (tertiary/aromatic N) is 1. The first kappa shape index (κ1) is 18.9. The Morgan fingerprint density at radius 2 is 1.77 bits per heavy atom. The molecule has 0 spiro atoms. The van der Waals surface area contributed by atoms with Crippen molar-refractivity contribution in [3.8, 4) is 5.75 Å². The van der Waals surface area contributed by atoms with Crippen LogP contribution in [0.2, 0.25) is 0 Å². The second-order valence-electron chi connectivity index (χ2n) is 5.70. The Balaban J connectivity index is 1.93. The highest BCUT2D eigenvalue weighted by atomic mass is 16.6. The van der Waals surface area contributed by atoms with Gasteiger partial charge >= 0.3 is 6.03 Å². The number of nitro benzene ring substituents is 1. The topological polar surface area (TPSA) is 111 Å². The highest BCUT2D eigenvalue weighted by Crippen LogP contribution is 2.26. The maximum atomic E-state index is 11.9. The van der Waals surface area contributed by atoms with Gasteiger partial charge in [-0.25, -0.2) is 4.79 Å². The van der Waals surface area contributed by atoms with Crippen LogP contribution in [0.25, 0.3) is 0 Å². The first-order valence-corrected chi connectivity index (χ1v) is 7.83. The number of nitrogens with one attached hydrogen (secondary N) is 2. The normalized spacial score (nSPS) is 10.1. The molecule has 2 N–H and O–H groups in total. The van der Waals surface area contributed by atoms with Crippen LogP contribution in [-0.2, 0) is 4.79 Å². The minimum atomic E-state index is -0.678.